The van der Waals surface area contributed by atoms with Gasteiger partial charge >= 0.3 is 5.97 Å². The number of rotatable bonds is 1. The van der Waals surface area contributed by atoms with E-state index in [9.17, 15) is 4.79 Å². The minimum atomic E-state index is -1.14. The number of imidazole rings is 1. The molecule has 1 N–H and O–H groups in total. The Hall–Kier alpha value is -1.62. The summed E-state index contributed by atoms with van der Waals surface area (Å²) >= 11 is 5.74. The fraction of sp³-hybridized carbons (Fsp3) is 0. The number of carbonyl (C=O) groups is 1. The molecule has 0 spiro atoms. The Balaban J connectivity index is 2.81. The van der Waals surface area contributed by atoms with Crippen LogP contribution in [0.25, 0.3) is 5.65 Å². The number of hydrogen-bond acceptors (Lipinski definition) is 3. The van der Waals surface area contributed by atoms with Gasteiger partial charge in [0, 0.05) is 12.4 Å². The Morgan fingerprint density at radius 3 is 3.00 bits per heavy atom. The second kappa shape index (κ2) is 2.70. The number of fused-ring (bicyclic) bond motifs is 1. The van der Waals surface area contributed by atoms with E-state index in [4.69, 9.17) is 16.7 Å². The molecule has 0 atom stereocenters. The molecule has 2 aromatic heterocycles. The Bertz CT molecular complexity index is 480. The minimum Gasteiger partial charge on any atom is -0.476 e. The lowest BCUT2D eigenvalue weighted by atomic mass is 10.5. The molecule has 13 heavy (non-hydrogen) atoms. The van der Waals surface area contributed by atoms with Crippen LogP contribution in [0.5, 0.6) is 0 Å². The number of halogens is 1. The minimum absolute atomic E-state index is 0.0879. The molecule has 2 aromatic rings. The SMILES string of the molecule is O=C(O)c1nc2cnccn2c1Cl. The molecule has 6 heteroatoms. The Morgan fingerprint density at radius 2 is 2.38 bits per heavy atom. The molecule has 0 bridgehead atoms. The van der Waals surface area contributed by atoms with Crippen LogP contribution in [0.3, 0.4) is 0 Å². The van der Waals surface area contributed by atoms with Gasteiger partial charge in [-0.2, -0.15) is 0 Å². The summed E-state index contributed by atoms with van der Waals surface area (Å²) in [4.78, 5) is 18.2. The van der Waals surface area contributed by atoms with E-state index in [1.165, 1.54) is 16.8 Å². The lowest BCUT2D eigenvalue weighted by Gasteiger charge is -1.90. The van der Waals surface area contributed by atoms with Crippen molar-refractivity contribution in [3.63, 3.8) is 0 Å². The van der Waals surface area contributed by atoms with Crippen molar-refractivity contribution in [2.45, 2.75) is 0 Å². The van der Waals surface area contributed by atoms with Gasteiger partial charge in [0.25, 0.3) is 0 Å². The van der Waals surface area contributed by atoms with Crippen molar-refractivity contribution < 1.29 is 9.90 Å². The summed E-state index contributed by atoms with van der Waals surface area (Å²) in [5.41, 5.74) is 0.263. The molecule has 0 saturated heterocycles. The normalized spacial score (nSPS) is 10.5. The molecule has 0 amide bonds. The summed E-state index contributed by atoms with van der Waals surface area (Å²) in [6, 6.07) is 0. The Kier molecular flexibility index (Phi) is 1.66. The highest BCUT2D eigenvalue weighted by Gasteiger charge is 2.15. The molecule has 0 saturated carbocycles. The second-order valence-corrected chi connectivity index (χ2v) is 2.72. The monoisotopic (exact) mass is 197 g/mol. The zero-order valence-electron chi connectivity index (χ0n) is 6.31. The average Bonchev–Trinajstić information content (AvgIpc) is 2.45. The van der Waals surface area contributed by atoms with E-state index < -0.39 is 5.97 Å². The van der Waals surface area contributed by atoms with E-state index in [2.05, 4.69) is 9.97 Å². The predicted octanol–water partition coefficient (Wildman–Crippen LogP) is 1.08. The molecule has 2 rings (SSSR count). The van der Waals surface area contributed by atoms with Crippen molar-refractivity contribution in [2.75, 3.05) is 0 Å². The molecular weight excluding hydrogens is 194 g/mol. The first kappa shape index (κ1) is 8.00. The Morgan fingerprint density at radius 1 is 1.62 bits per heavy atom. The molecule has 0 aliphatic rings. The maximum absolute atomic E-state index is 10.6. The summed E-state index contributed by atoms with van der Waals surface area (Å²) in [6.07, 6.45) is 4.50. The summed E-state index contributed by atoms with van der Waals surface area (Å²) in [6.45, 7) is 0. The summed E-state index contributed by atoms with van der Waals surface area (Å²) in [7, 11) is 0. The molecule has 0 radical (unpaired) electrons. The zero-order valence-corrected chi connectivity index (χ0v) is 7.06. The third-order valence-electron chi connectivity index (χ3n) is 1.57. The topological polar surface area (TPSA) is 67.5 Å². The van der Waals surface area contributed by atoms with Crippen LogP contribution in [0, 0.1) is 0 Å². The van der Waals surface area contributed by atoms with Crippen LogP contribution in [-0.2, 0) is 0 Å². The largest absolute Gasteiger partial charge is 0.476 e. The predicted molar refractivity (Wildman–Crippen MR) is 45.0 cm³/mol. The van der Waals surface area contributed by atoms with Crippen molar-refractivity contribution in [3.8, 4) is 0 Å². The van der Waals surface area contributed by atoms with Gasteiger partial charge in [0.1, 0.15) is 5.15 Å². The summed E-state index contributed by atoms with van der Waals surface area (Å²) in [5.74, 6) is -1.14. The molecule has 2 heterocycles. The molecule has 0 fully saturated rings. The second-order valence-electron chi connectivity index (χ2n) is 2.36. The lowest BCUT2D eigenvalue weighted by Crippen LogP contribution is -1.96. The lowest BCUT2D eigenvalue weighted by molar-refractivity contribution is 0.0691. The van der Waals surface area contributed by atoms with E-state index in [0.717, 1.165) is 0 Å². The molecule has 0 aromatic carbocycles. The number of aromatic carboxylic acids is 1. The van der Waals surface area contributed by atoms with Gasteiger partial charge in [-0.3, -0.25) is 9.38 Å². The number of nitrogens with zero attached hydrogens (tertiary/aromatic N) is 3. The highest BCUT2D eigenvalue weighted by Crippen LogP contribution is 2.16. The van der Waals surface area contributed by atoms with Gasteiger partial charge in [-0.15, -0.1) is 0 Å². The van der Waals surface area contributed by atoms with E-state index >= 15 is 0 Å². The van der Waals surface area contributed by atoms with Gasteiger partial charge < -0.3 is 5.11 Å². The number of carboxylic acids is 1. The quantitative estimate of drug-likeness (QED) is 0.743. The van der Waals surface area contributed by atoms with Gasteiger partial charge in [0.15, 0.2) is 11.3 Å². The summed E-state index contributed by atoms with van der Waals surface area (Å²) in [5, 5.41) is 8.77. The van der Waals surface area contributed by atoms with Crippen molar-refractivity contribution in [1.82, 2.24) is 14.4 Å². The van der Waals surface area contributed by atoms with Gasteiger partial charge in [-0.05, 0) is 0 Å². The maximum atomic E-state index is 10.6. The summed E-state index contributed by atoms with van der Waals surface area (Å²) < 4.78 is 1.46. The van der Waals surface area contributed by atoms with Crippen molar-refractivity contribution in [2.24, 2.45) is 0 Å². The van der Waals surface area contributed by atoms with Crippen LogP contribution in [0.1, 0.15) is 10.5 Å². The van der Waals surface area contributed by atoms with Gasteiger partial charge in [0.05, 0.1) is 6.20 Å². The highest BCUT2D eigenvalue weighted by atomic mass is 35.5. The maximum Gasteiger partial charge on any atom is 0.357 e. The average molecular weight is 198 g/mol. The third kappa shape index (κ3) is 1.13. The first-order valence-corrected chi connectivity index (χ1v) is 3.79. The van der Waals surface area contributed by atoms with Crippen molar-refractivity contribution in [3.05, 3.63) is 29.4 Å². The van der Waals surface area contributed by atoms with E-state index in [1.54, 1.807) is 6.20 Å². The van der Waals surface area contributed by atoms with Crippen LogP contribution in [0.15, 0.2) is 18.6 Å². The van der Waals surface area contributed by atoms with Crippen LogP contribution < -0.4 is 0 Å². The molecular formula is C7H4ClN3O2. The van der Waals surface area contributed by atoms with Crippen LogP contribution in [0.2, 0.25) is 5.15 Å². The molecule has 5 nitrogen and oxygen atoms in total. The number of aromatic nitrogens is 3. The van der Waals surface area contributed by atoms with Crippen LogP contribution in [0.4, 0.5) is 0 Å². The first-order valence-electron chi connectivity index (χ1n) is 3.41. The van der Waals surface area contributed by atoms with Gasteiger partial charge in [-0.1, -0.05) is 11.6 Å². The van der Waals surface area contributed by atoms with E-state index in [1.807, 2.05) is 0 Å². The van der Waals surface area contributed by atoms with Crippen molar-refractivity contribution in [1.29, 1.82) is 0 Å². The van der Waals surface area contributed by atoms with Gasteiger partial charge in [-0.25, -0.2) is 9.78 Å². The van der Waals surface area contributed by atoms with Gasteiger partial charge in [0.2, 0.25) is 0 Å². The standard InChI is InChI=1S/C7H4ClN3O2/c8-6-5(7(12)13)10-4-3-9-1-2-11(4)6/h1-3H,(H,12,13). The van der Waals surface area contributed by atoms with Crippen LogP contribution >= 0.6 is 11.6 Å². The zero-order chi connectivity index (χ0) is 9.42. The van der Waals surface area contributed by atoms with Crippen molar-refractivity contribution >= 4 is 23.2 Å². The smallest absolute Gasteiger partial charge is 0.357 e. The fourth-order valence-corrected chi connectivity index (χ4v) is 1.28. The van der Waals surface area contributed by atoms with E-state index in [-0.39, 0.29) is 10.8 Å². The Labute approximate surface area is 77.6 Å². The molecule has 0 aliphatic heterocycles. The molecule has 0 unspecified atom stereocenters. The first-order chi connectivity index (χ1) is 6.20. The molecule has 66 valence electrons. The van der Waals surface area contributed by atoms with Crippen LogP contribution in [-0.4, -0.2) is 25.4 Å². The molecule has 0 aliphatic carbocycles. The van der Waals surface area contributed by atoms with E-state index in [0.29, 0.717) is 5.65 Å². The number of hydrogen-bond donors (Lipinski definition) is 1. The highest BCUT2D eigenvalue weighted by molar-refractivity contribution is 6.32. The third-order valence-corrected chi connectivity index (χ3v) is 1.94. The number of carboxylic acid groups (broad SMARTS) is 1. The fourth-order valence-electron chi connectivity index (χ4n) is 1.01.